The molecule has 0 saturated carbocycles. The standard InChI is InChI=1S/C33H25ClS/c34-28-18-15-26(16-19-28)29(20-12-23-10-13-25(14-11-23)24-6-2-1-3-7-24)27-17-21-33-31(22-27)30-8-4-5-9-32(30)35-33/h1-11,13-19,21-22,29H,12,20H2. The zero-order valence-electron chi connectivity index (χ0n) is 19.3. The van der Waals surface area contributed by atoms with Crippen LogP contribution in [0.15, 0.2) is 121 Å². The van der Waals surface area contributed by atoms with Crippen molar-refractivity contribution in [3.05, 3.63) is 143 Å². The number of halogens is 1. The number of rotatable bonds is 6. The summed E-state index contributed by atoms with van der Waals surface area (Å²) in [5, 5.41) is 3.48. The minimum Gasteiger partial charge on any atom is -0.135 e. The van der Waals surface area contributed by atoms with E-state index >= 15 is 0 Å². The van der Waals surface area contributed by atoms with Crippen LogP contribution in [0.2, 0.25) is 5.02 Å². The van der Waals surface area contributed by atoms with Gasteiger partial charge in [0, 0.05) is 31.1 Å². The molecular formula is C33H25ClS. The van der Waals surface area contributed by atoms with E-state index in [1.165, 1.54) is 48.0 Å². The van der Waals surface area contributed by atoms with E-state index in [0.717, 1.165) is 17.9 Å². The van der Waals surface area contributed by atoms with Crippen molar-refractivity contribution in [1.29, 1.82) is 0 Å². The van der Waals surface area contributed by atoms with E-state index < -0.39 is 0 Å². The van der Waals surface area contributed by atoms with Gasteiger partial charge in [0.25, 0.3) is 0 Å². The highest BCUT2D eigenvalue weighted by atomic mass is 35.5. The third-order valence-electron chi connectivity index (χ3n) is 6.86. The third kappa shape index (κ3) is 4.62. The van der Waals surface area contributed by atoms with Gasteiger partial charge in [-0.05, 0) is 71.0 Å². The van der Waals surface area contributed by atoms with Crippen molar-refractivity contribution in [3.8, 4) is 11.1 Å². The summed E-state index contributed by atoms with van der Waals surface area (Å²) >= 11 is 8.10. The smallest absolute Gasteiger partial charge is 0.0406 e. The first kappa shape index (κ1) is 22.1. The van der Waals surface area contributed by atoms with Gasteiger partial charge in [-0.3, -0.25) is 0 Å². The highest BCUT2D eigenvalue weighted by Crippen LogP contribution is 2.38. The second-order valence-corrected chi connectivity index (χ2v) is 10.6. The first-order valence-corrected chi connectivity index (χ1v) is 13.2. The van der Waals surface area contributed by atoms with Gasteiger partial charge in [0.2, 0.25) is 0 Å². The van der Waals surface area contributed by atoms with Gasteiger partial charge in [-0.15, -0.1) is 11.3 Å². The maximum Gasteiger partial charge on any atom is 0.0406 e. The van der Waals surface area contributed by atoms with E-state index in [9.17, 15) is 0 Å². The molecule has 0 radical (unpaired) electrons. The molecule has 0 aliphatic heterocycles. The molecule has 0 fully saturated rings. The number of fused-ring (bicyclic) bond motifs is 3. The molecule has 6 rings (SSSR count). The molecule has 0 aliphatic rings. The van der Waals surface area contributed by atoms with Crippen LogP contribution in [0.1, 0.15) is 29.0 Å². The monoisotopic (exact) mass is 488 g/mol. The van der Waals surface area contributed by atoms with Crippen LogP contribution in [0, 0.1) is 0 Å². The van der Waals surface area contributed by atoms with E-state index in [-0.39, 0.29) is 0 Å². The lowest BCUT2D eigenvalue weighted by Gasteiger charge is -2.19. The van der Waals surface area contributed by atoms with Crippen molar-refractivity contribution in [1.82, 2.24) is 0 Å². The quantitative estimate of drug-likeness (QED) is 0.219. The molecule has 0 saturated heterocycles. The Balaban J connectivity index is 1.32. The van der Waals surface area contributed by atoms with E-state index in [1.54, 1.807) is 0 Å². The highest BCUT2D eigenvalue weighted by Gasteiger charge is 2.16. The van der Waals surface area contributed by atoms with Gasteiger partial charge in [-0.1, -0.05) is 103 Å². The maximum absolute atomic E-state index is 6.23. The van der Waals surface area contributed by atoms with Crippen molar-refractivity contribution in [2.75, 3.05) is 0 Å². The van der Waals surface area contributed by atoms with Crippen molar-refractivity contribution in [2.24, 2.45) is 0 Å². The first-order chi connectivity index (χ1) is 17.2. The van der Waals surface area contributed by atoms with E-state index in [4.69, 9.17) is 11.6 Å². The van der Waals surface area contributed by atoms with Crippen LogP contribution < -0.4 is 0 Å². The van der Waals surface area contributed by atoms with Gasteiger partial charge in [0.15, 0.2) is 0 Å². The SMILES string of the molecule is Clc1ccc(C(CCc2ccc(-c3ccccc3)cc2)c2ccc3sc4ccccc4c3c2)cc1. The number of hydrogen-bond donors (Lipinski definition) is 0. The summed E-state index contributed by atoms with van der Waals surface area (Å²) in [4.78, 5) is 0. The number of benzene rings is 5. The fraction of sp³-hybridized carbons (Fsp3) is 0.0909. The average Bonchev–Trinajstić information content (AvgIpc) is 3.29. The topological polar surface area (TPSA) is 0 Å². The zero-order valence-corrected chi connectivity index (χ0v) is 20.9. The fourth-order valence-corrected chi connectivity index (χ4v) is 6.20. The predicted octanol–water partition coefficient (Wildman–Crippen LogP) is 10.1. The lowest BCUT2D eigenvalue weighted by molar-refractivity contribution is 0.716. The van der Waals surface area contributed by atoms with Crippen molar-refractivity contribution in [3.63, 3.8) is 0 Å². The zero-order chi connectivity index (χ0) is 23.6. The molecule has 5 aromatic carbocycles. The van der Waals surface area contributed by atoms with Crippen LogP contribution in [0.3, 0.4) is 0 Å². The Kier molecular flexibility index (Phi) is 6.12. The fourth-order valence-electron chi connectivity index (χ4n) is 4.99. The van der Waals surface area contributed by atoms with E-state index in [1.807, 2.05) is 23.5 Å². The van der Waals surface area contributed by atoms with Crippen molar-refractivity contribution in [2.45, 2.75) is 18.8 Å². The van der Waals surface area contributed by atoms with Gasteiger partial charge in [0.05, 0.1) is 0 Å². The Morgan fingerprint density at radius 3 is 2.03 bits per heavy atom. The summed E-state index contributed by atoms with van der Waals surface area (Å²) in [5.41, 5.74) is 6.57. The molecule has 6 aromatic rings. The van der Waals surface area contributed by atoms with E-state index in [2.05, 4.69) is 109 Å². The van der Waals surface area contributed by atoms with Crippen LogP contribution in [-0.2, 0) is 6.42 Å². The Hall–Kier alpha value is -3.39. The summed E-state index contributed by atoms with van der Waals surface area (Å²) in [6.07, 6.45) is 2.06. The van der Waals surface area contributed by atoms with Crippen LogP contribution in [-0.4, -0.2) is 0 Å². The molecule has 0 nitrogen and oxygen atoms in total. The second-order valence-electron chi connectivity index (χ2n) is 9.06. The minimum atomic E-state index is 0.309. The first-order valence-electron chi connectivity index (χ1n) is 12.1. The van der Waals surface area contributed by atoms with Crippen LogP contribution in [0.5, 0.6) is 0 Å². The maximum atomic E-state index is 6.23. The van der Waals surface area contributed by atoms with Gasteiger partial charge in [-0.25, -0.2) is 0 Å². The molecule has 1 unspecified atom stereocenters. The number of thiophene rings is 1. The summed E-state index contributed by atoms with van der Waals surface area (Å²) in [5.74, 6) is 0.309. The average molecular weight is 489 g/mol. The minimum absolute atomic E-state index is 0.309. The normalized spacial score (nSPS) is 12.3. The second kappa shape index (κ2) is 9.70. The summed E-state index contributed by atoms with van der Waals surface area (Å²) in [7, 11) is 0. The van der Waals surface area contributed by atoms with Gasteiger partial charge >= 0.3 is 0 Å². The van der Waals surface area contributed by atoms with E-state index in [0.29, 0.717) is 5.92 Å². The highest BCUT2D eigenvalue weighted by molar-refractivity contribution is 7.25. The Morgan fingerprint density at radius 1 is 0.571 bits per heavy atom. The third-order valence-corrected chi connectivity index (χ3v) is 8.26. The molecule has 1 atom stereocenters. The van der Waals surface area contributed by atoms with Gasteiger partial charge in [0.1, 0.15) is 0 Å². The Morgan fingerprint density at radius 2 is 1.23 bits per heavy atom. The molecule has 0 spiro atoms. The van der Waals surface area contributed by atoms with Crippen LogP contribution in [0.25, 0.3) is 31.3 Å². The summed E-state index contributed by atoms with van der Waals surface area (Å²) in [6.45, 7) is 0. The van der Waals surface area contributed by atoms with Crippen LogP contribution in [0.4, 0.5) is 0 Å². The lowest BCUT2D eigenvalue weighted by Crippen LogP contribution is -2.03. The predicted molar refractivity (Wildman–Crippen MR) is 153 cm³/mol. The van der Waals surface area contributed by atoms with Crippen molar-refractivity contribution >= 4 is 43.1 Å². The van der Waals surface area contributed by atoms with Crippen molar-refractivity contribution < 1.29 is 0 Å². The molecular weight excluding hydrogens is 464 g/mol. The Bertz CT molecular complexity index is 1580. The molecule has 35 heavy (non-hydrogen) atoms. The molecule has 1 heterocycles. The van der Waals surface area contributed by atoms with Gasteiger partial charge in [-0.2, -0.15) is 0 Å². The molecule has 170 valence electrons. The number of aryl methyl sites for hydroxylation is 1. The molecule has 0 N–H and O–H groups in total. The summed E-state index contributed by atoms with van der Waals surface area (Å²) < 4.78 is 2.70. The Labute approximate surface area is 215 Å². The molecule has 0 bridgehead atoms. The lowest BCUT2D eigenvalue weighted by atomic mass is 9.85. The number of hydrogen-bond acceptors (Lipinski definition) is 1. The molecule has 0 aliphatic carbocycles. The molecule has 2 heteroatoms. The van der Waals surface area contributed by atoms with Gasteiger partial charge < -0.3 is 0 Å². The molecule has 1 aromatic heterocycles. The molecule has 0 amide bonds. The summed E-state index contributed by atoms with van der Waals surface area (Å²) in [6, 6.07) is 43.7. The largest absolute Gasteiger partial charge is 0.135 e. The van der Waals surface area contributed by atoms with Crippen LogP contribution >= 0.6 is 22.9 Å².